The summed E-state index contributed by atoms with van der Waals surface area (Å²) >= 11 is 3.17. The van der Waals surface area contributed by atoms with Gasteiger partial charge in [-0.05, 0) is 12.1 Å². The van der Waals surface area contributed by atoms with E-state index < -0.39 is 4.83 Å². The van der Waals surface area contributed by atoms with Gasteiger partial charge in [-0.3, -0.25) is 9.78 Å². The lowest BCUT2D eigenvalue weighted by atomic mass is 10.3. The van der Waals surface area contributed by atoms with Crippen molar-refractivity contribution < 1.29 is 9.53 Å². The predicted molar refractivity (Wildman–Crippen MR) is 47.9 cm³/mol. The minimum atomic E-state index is -0.469. The van der Waals surface area contributed by atoms with Crippen LogP contribution >= 0.6 is 15.9 Å². The Labute approximate surface area is 78.9 Å². The second-order valence-corrected chi connectivity index (χ2v) is 3.06. The van der Waals surface area contributed by atoms with Crippen LogP contribution in [0, 0.1) is 0 Å². The van der Waals surface area contributed by atoms with E-state index in [-0.39, 0.29) is 5.97 Å². The second-order valence-electron chi connectivity index (χ2n) is 2.14. The zero-order valence-electron chi connectivity index (χ0n) is 6.53. The van der Waals surface area contributed by atoms with Gasteiger partial charge in [-0.15, -0.1) is 0 Å². The number of aromatic nitrogens is 1. The largest absolute Gasteiger partial charge is 0.468 e. The summed E-state index contributed by atoms with van der Waals surface area (Å²) in [7, 11) is 1.35. The highest BCUT2D eigenvalue weighted by atomic mass is 79.9. The fraction of sp³-hybridized carbons (Fsp3) is 0.250. The number of halogens is 1. The molecule has 1 aromatic heterocycles. The first-order valence-corrected chi connectivity index (χ1v) is 4.30. The second kappa shape index (κ2) is 4.21. The minimum absolute atomic E-state index is 0.339. The SMILES string of the molecule is COC(=O)[C@H](Br)c1ccccn1. The number of pyridine rings is 1. The van der Waals surface area contributed by atoms with Crippen LogP contribution in [0.25, 0.3) is 0 Å². The topological polar surface area (TPSA) is 39.2 Å². The van der Waals surface area contributed by atoms with Gasteiger partial charge in [-0.25, -0.2) is 0 Å². The first kappa shape index (κ1) is 9.19. The van der Waals surface area contributed by atoms with E-state index in [4.69, 9.17) is 0 Å². The fourth-order valence-corrected chi connectivity index (χ4v) is 1.21. The number of methoxy groups -OCH3 is 1. The number of alkyl halides is 1. The molecule has 1 heterocycles. The highest BCUT2D eigenvalue weighted by Crippen LogP contribution is 2.20. The van der Waals surface area contributed by atoms with Gasteiger partial charge in [0.2, 0.25) is 0 Å². The molecule has 1 atom stereocenters. The van der Waals surface area contributed by atoms with Crippen molar-refractivity contribution in [1.82, 2.24) is 4.98 Å². The molecule has 0 spiro atoms. The Morgan fingerprint density at radius 3 is 2.92 bits per heavy atom. The van der Waals surface area contributed by atoms with Crippen molar-refractivity contribution in [1.29, 1.82) is 0 Å². The number of ether oxygens (including phenoxy) is 1. The molecule has 0 unspecified atom stereocenters. The summed E-state index contributed by atoms with van der Waals surface area (Å²) < 4.78 is 4.54. The van der Waals surface area contributed by atoms with Gasteiger partial charge in [0, 0.05) is 6.20 Å². The first-order valence-electron chi connectivity index (χ1n) is 3.38. The Hall–Kier alpha value is -0.900. The minimum Gasteiger partial charge on any atom is -0.468 e. The van der Waals surface area contributed by atoms with E-state index >= 15 is 0 Å². The number of hydrogen-bond donors (Lipinski definition) is 0. The number of esters is 1. The molecule has 0 aliphatic rings. The summed E-state index contributed by atoms with van der Waals surface area (Å²) in [5.41, 5.74) is 0.657. The molecule has 0 bridgehead atoms. The molecule has 0 radical (unpaired) electrons. The third-order valence-electron chi connectivity index (χ3n) is 1.36. The maximum Gasteiger partial charge on any atom is 0.325 e. The molecule has 3 nitrogen and oxygen atoms in total. The molecule has 1 rings (SSSR count). The van der Waals surface area contributed by atoms with Crippen molar-refractivity contribution >= 4 is 21.9 Å². The molecule has 64 valence electrons. The fourth-order valence-electron chi connectivity index (χ4n) is 0.750. The lowest BCUT2D eigenvalue weighted by Crippen LogP contribution is -2.09. The van der Waals surface area contributed by atoms with Crippen molar-refractivity contribution in [3.8, 4) is 0 Å². The Balaban J connectivity index is 2.78. The maximum absolute atomic E-state index is 11.0. The van der Waals surface area contributed by atoms with Crippen molar-refractivity contribution in [3.05, 3.63) is 30.1 Å². The number of hydrogen-bond acceptors (Lipinski definition) is 3. The average molecular weight is 230 g/mol. The van der Waals surface area contributed by atoms with Crippen molar-refractivity contribution in [3.63, 3.8) is 0 Å². The molecular weight excluding hydrogens is 222 g/mol. The van der Waals surface area contributed by atoms with E-state index in [1.54, 1.807) is 18.3 Å². The molecule has 0 N–H and O–H groups in total. The van der Waals surface area contributed by atoms with Gasteiger partial charge in [-0.1, -0.05) is 22.0 Å². The molecule has 0 saturated heterocycles. The standard InChI is InChI=1S/C8H8BrNO2/c1-12-8(11)7(9)6-4-2-3-5-10-6/h2-5,7H,1H3/t7-/m1/s1. The van der Waals surface area contributed by atoms with Gasteiger partial charge in [0.25, 0.3) is 0 Å². The number of nitrogens with zero attached hydrogens (tertiary/aromatic N) is 1. The lowest BCUT2D eigenvalue weighted by molar-refractivity contribution is -0.139. The summed E-state index contributed by atoms with van der Waals surface area (Å²) in [6.45, 7) is 0. The van der Waals surface area contributed by atoms with Crippen LogP contribution in [0.4, 0.5) is 0 Å². The van der Waals surface area contributed by atoms with E-state index in [2.05, 4.69) is 25.7 Å². The summed E-state index contributed by atoms with van der Waals surface area (Å²) in [5.74, 6) is -0.339. The highest BCUT2D eigenvalue weighted by Gasteiger charge is 2.17. The monoisotopic (exact) mass is 229 g/mol. The van der Waals surface area contributed by atoms with Crippen molar-refractivity contribution in [2.75, 3.05) is 7.11 Å². The predicted octanol–water partition coefficient (Wildman–Crippen LogP) is 1.69. The summed E-state index contributed by atoms with van der Waals surface area (Å²) in [6, 6.07) is 5.37. The molecule has 0 aliphatic carbocycles. The summed E-state index contributed by atoms with van der Waals surface area (Å²) in [6.07, 6.45) is 1.63. The quantitative estimate of drug-likeness (QED) is 0.573. The molecule has 0 saturated carbocycles. The lowest BCUT2D eigenvalue weighted by Gasteiger charge is -2.05. The van der Waals surface area contributed by atoms with Crippen LogP contribution in [0.2, 0.25) is 0 Å². The normalized spacial score (nSPS) is 12.2. The summed E-state index contributed by atoms with van der Waals surface area (Å²) in [5, 5.41) is 0. The van der Waals surface area contributed by atoms with Gasteiger partial charge < -0.3 is 4.74 Å². The van der Waals surface area contributed by atoms with E-state index in [0.717, 1.165) is 0 Å². The Morgan fingerprint density at radius 2 is 2.42 bits per heavy atom. The van der Waals surface area contributed by atoms with Crippen LogP contribution in [0.1, 0.15) is 10.5 Å². The first-order chi connectivity index (χ1) is 5.75. The van der Waals surface area contributed by atoms with Crippen molar-refractivity contribution in [2.24, 2.45) is 0 Å². The molecule has 0 aromatic carbocycles. The average Bonchev–Trinajstić information content (AvgIpc) is 2.17. The number of carbonyl (C=O) groups excluding carboxylic acids is 1. The van der Waals surface area contributed by atoms with Crippen LogP contribution in [0.3, 0.4) is 0 Å². The Bertz CT molecular complexity index is 263. The zero-order valence-corrected chi connectivity index (χ0v) is 8.11. The Morgan fingerprint density at radius 1 is 1.67 bits per heavy atom. The molecule has 1 aromatic rings. The molecule has 0 aliphatic heterocycles. The van der Waals surface area contributed by atoms with Crippen LogP contribution in [0.15, 0.2) is 24.4 Å². The van der Waals surface area contributed by atoms with Gasteiger partial charge in [0.1, 0.15) is 0 Å². The molecule has 12 heavy (non-hydrogen) atoms. The van der Waals surface area contributed by atoms with E-state index in [1.165, 1.54) is 7.11 Å². The van der Waals surface area contributed by atoms with E-state index in [1.807, 2.05) is 6.07 Å². The van der Waals surface area contributed by atoms with Crippen LogP contribution in [0.5, 0.6) is 0 Å². The molecule has 4 heteroatoms. The zero-order chi connectivity index (χ0) is 8.97. The summed E-state index contributed by atoms with van der Waals surface area (Å²) in [4.78, 5) is 14.5. The third kappa shape index (κ3) is 2.04. The van der Waals surface area contributed by atoms with Crippen LogP contribution in [-0.2, 0) is 9.53 Å². The highest BCUT2D eigenvalue weighted by molar-refractivity contribution is 9.09. The van der Waals surface area contributed by atoms with E-state index in [9.17, 15) is 4.79 Å². The third-order valence-corrected chi connectivity index (χ3v) is 2.20. The van der Waals surface area contributed by atoms with E-state index in [0.29, 0.717) is 5.69 Å². The number of carbonyl (C=O) groups is 1. The van der Waals surface area contributed by atoms with Gasteiger partial charge in [-0.2, -0.15) is 0 Å². The Kier molecular flexibility index (Phi) is 3.22. The van der Waals surface area contributed by atoms with Crippen molar-refractivity contribution in [2.45, 2.75) is 4.83 Å². The smallest absolute Gasteiger partial charge is 0.325 e. The molecule has 0 amide bonds. The molecular formula is C8H8BrNO2. The van der Waals surface area contributed by atoms with Gasteiger partial charge in [0.05, 0.1) is 12.8 Å². The van der Waals surface area contributed by atoms with Gasteiger partial charge >= 0.3 is 5.97 Å². The van der Waals surface area contributed by atoms with Crippen LogP contribution in [-0.4, -0.2) is 18.1 Å². The maximum atomic E-state index is 11.0. The number of rotatable bonds is 2. The van der Waals surface area contributed by atoms with Gasteiger partial charge in [0.15, 0.2) is 4.83 Å². The molecule has 0 fully saturated rings. The van der Waals surface area contributed by atoms with Crippen LogP contribution < -0.4 is 0 Å².